The minimum absolute atomic E-state index is 0.0757. The summed E-state index contributed by atoms with van der Waals surface area (Å²) in [5.74, 6) is 12.3. The molecule has 0 heterocycles. The summed E-state index contributed by atoms with van der Waals surface area (Å²) >= 11 is 0. The molecule has 0 radical (unpaired) electrons. The molecular weight excluding hydrogens is 963 g/mol. The first-order valence-electron chi connectivity index (χ1n) is 27.5. The van der Waals surface area contributed by atoms with E-state index in [2.05, 4.69) is 152 Å². The van der Waals surface area contributed by atoms with E-state index < -0.39 is 11.2 Å². The Bertz CT molecular complexity index is 3190. The van der Waals surface area contributed by atoms with Crippen LogP contribution in [0, 0.1) is 63.0 Å². The van der Waals surface area contributed by atoms with Gasteiger partial charge in [0.2, 0.25) is 0 Å². The summed E-state index contributed by atoms with van der Waals surface area (Å²) < 4.78 is 33.8. The second-order valence-corrected chi connectivity index (χ2v) is 21.1. The van der Waals surface area contributed by atoms with E-state index in [1.165, 1.54) is 28.3 Å². The van der Waals surface area contributed by atoms with Crippen molar-refractivity contribution >= 4 is 12.6 Å². The van der Waals surface area contributed by atoms with Gasteiger partial charge in [0.1, 0.15) is 29.4 Å². The number of hydrogen-bond donors (Lipinski definition) is 2. The molecule has 0 aromatic heterocycles. The van der Waals surface area contributed by atoms with Crippen LogP contribution in [0.5, 0.6) is 0 Å². The molecule has 0 bridgehead atoms. The van der Waals surface area contributed by atoms with Gasteiger partial charge in [-0.2, -0.15) is 9.59 Å². The molecule has 0 saturated heterocycles. The Labute approximate surface area is 456 Å². The minimum atomic E-state index is -0.840. The van der Waals surface area contributed by atoms with Crippen LogP contribution in [0.15, 0.2) is 109 Å². The van der Waals surface area contributed by atoms with Crippen molar-refractivity contribution in [3.8, 4) is 45.9 Å². The van der Waals surface area contributed by atoms with Crippen molar-refractivity contribution < 1.29 is 38.1 Å². The Morgan fingerprint density at radius 1 is 0.519 bits per heavy atom. The van der Waals surface area contributed by atoms with Gasteiger partial charge in [-0.15, -0.1) is 0 Å². The molecule has 2 saturated carbocycles. The van der Waals surface area contributed by atoms with Crippen LogP contribution in [0.4, 0.5) is 8.78 Å². The smallest absolute Gasteiger partial charge is 0.373 e. The quantitative estimate of drug-likeness (QED) is 0.0833. The average molecular weight is 1040 g/mol. The summed E-state index contributed by atoms with van der Waals surface area (Å²) in [5.41, 5.74) is 14.5. The number of halogens is 2. The van der Waals surface area contributed by atoms with Gasteiger partial charge in [0, 0.05) is 27.5 Å². The molecule has 8 rings (SSSR count). The molecule has 6 aromatic carbocycles. The molecule has 0 amide bonds. The van der Waals surface area contributed by atoms with Crippen molar-refractivity contribution in [1.29, 1.82) is 0 Å². The first-order chi connectivity index (χ1) is 36.9. The number of benzene rings is 6. The van der Waals surface area contributed by atoms with Gasteiger partial charge < -0.3 is 14.9 Å². The van der Waals surface area contributed by atoms with Crippen LogP contribution in [0.3, 0.4) is 0 Å². The third-order valence-corrected chi connectivity index (χ3v) is 16.7. The van der Waals surface area contributed by atoms with Gasteiger partial charge in [-0.3, -0.25) is 4.79 Å². The maximum absolute atomic E-state index is 14.6. The third-order valence-electron chi connectivity index (χ3n) is 16.7. The summed E-state index contributed by atoms with van der Waals surface area (Å²) in [6.07, 6.45) is 12.0. The molecule has 402 valence electrons. The molecule has 2 fully saturated rings. The molecule has 2 aliphatic carbocycles. The lowest BCUT2D eigenvalue weighted by Gasteiger charge is -2.34. The Morgan fingerprint density at radius 3 is 1.18 bits per heavy atom. The van der Waals surface area contributed by atoms with E-state index in [4.69, 9.17) is 14.3 Å². The number of aryl methyl sites for hydroxylation is 5. The molecule has 2 N–H and O–H groups in total. The highest BCUT2D eigenvalue weighted by Crippen LogP contribution is 2.43. The Kier molecular flexibility index (Phi) is 20.3. The summed E-state index contributed by atoms with van der Waals surface area (Å²) in [5, 5.41) is 21.3. The van der Waals surface area contributed by atoms with E-state index in [0.29, 0.717) is 18.5 Å². The minimum Gasteiger partial charge on any atom is -0.463 e. The summed E-state index contributed by atoms with van der Waals surface area (Å²) in [4.78, 5) is 26.7. The predicted octanol–water partition coefficient (Wildman–Crippen LogP) is 15.4. The van der Waals surface area contributed by atoms with Crippen molar-refractivity contribution in [2.24, 2.45) is 0 Å². The zero-order valence-corrected chi connectivity index (χ0v) is 46.7. The van der Waals surface area contributed by atoms with Crippen molar-refractivity contribution in [1.82, 2.24) is 0 Å². The van der Waals surface area contributed by atoms with Gasteiger partial charge in [-0.25, -0.2) is 8.78 Å². The molecule has 6 aromatic rings. The molecule has 6 nitrogen and oxygen atoms in total. The second-order valence-electron chi connectivity index (χ2n) is 21.1. The number of aliphatic hydroxyl groups is 2. The van der Waals surface area contributed by atoms with Gasteiger partial charge in [-0.1, -0.05) is 143 Å². The third kappa shape index (κ3) is 13.6. The van der Waals surface area contributed by atoms with Crippen LogP contribution in [0.2, 0.25) is 0 Å². The van der Waals surface area contributed by atoms with Crippen molar-refractivity contribution in [2.75, 3.05) is 0 Å². The lowest BCUT2D eigenvalue weighted by molar-refractivity contribution is -0.191. The Hall–Kier alpha value is -6.93. The number of rotatable bonds is 14. The average Bonchev–Trinajstić information content (AvgIpc) is 4.08. The molecule has 0 aliphatic heterocycles. The van der Waals surface area contributed by atoms with Crippen LogP contribution in [0.1, 0.15) is 178 Å². The van der Waals surface area contributed by atoms with Gasteiger partial charge in [0.05, 0.1) is 0 Å². The number of ether oxygens (including phenoxy) is 1. The lowest BCUT2D eigenvalue weighted by Crippen LogP contribution is -2.26. The maximum atomic E-state index is 14.6. The summed E-state index contributed by atoms with van der Waals surface area (Å²) in [6, 6.07) is 36.9. The molecule has 2 aliphatic rings. The fourth-order valence-electron chi connectivity index (χ4n) is 11.7. The van der Waals surface area contributed by atoms with Crippen molar-refractivity contribution in [3.05, 3.63) is 188 Å². The standard InChI is InChI=1S/C34H37FO3.C34H39FO.CO2/c1-5-34(6-2,29-12-11-26(24(3)19-29)15-18-33(37)16-7-8-17-33)30-13-14-31(25(4)20-30)27-9-10-28(22-38-23-36)32(35)21-27;1-6-26-11-12-28(23-32(26)35)31-16-15-30(22-25(31)5)34(7-2,8-3)29-14-13-27(24(4)21-29)17-20-33(36)18-9-10-19-33;2-1-3/h9-14,19-21,23,37H,5-8,16-17,22H2,1-4H3;11-16,21-23,36H,6-10,18-19H2,1-5H3;. The molecule has 0 spiro atoms. The van der Waals surface area contributed by atoms with E-state index in [-0.39, 0.29) is 35.2 Å². The second kappa shape index (κ2) is 26.4. The zero-order valence-electron chi connectivity index (χ0n) is 46.7. The molecule has 0 atom stereocenters. The fraction of sp³-hybridized carbons (Fsp3) is 0.391. The number of carbonyl (C=O) groups excluding carboxylic acids is 3. The van der Waals surface area contributed by atoms with Gasteiger partial charge in [-0.05, 0) is 208 Å². The van der Waals surface area contributed by atoms with Gasteiger partial charge in [0.15, 0.2) is 0 Å². The molecule has 0 unspecified atom stereocenters. The van der Waals surface area contributed by atoms with E-state index in [0.717, 1.165) is 138 Å². The van der Waals surface area contributed by atoms with Crippen LogP contribution < -0.4 is 0 Å². The summed E-state index contributed by atoms with van der Waals surface area (Å²) in [6.45, 7) is 19.6. The maximum Gasteiger partial charge on any atom is 0.373 e. The SMILES string of the molecule is CCC(CC)(c1ccc(C#CC2(O)CCCC2)c(C)c1)c1ccc(-c2ccc(COC=O)c(F)c2)c(C)c1.CCc1ccc(-c2ccc(C(CC)(CC)c3ccc(C#CC4(O)CCCC4)c(C)c3)cc2C)cc1F.O=C=O. The van der Waals surface area contributed by atoms with E-state index >= 15 is 0 Å². The van der Waals surface area contributed by atoms with Crippen LogP contribution in [-0.4, -0.2) is 34.0 Å². The highest BCUT2D eigenvalue weighted by Gasteiger charge is 2.34. The fourth-order valence-corrected chi connectivity index (χ4v) is 11.7. The number of hydrogen-bond acceptors (Lipinski definition) is 6. The molecular formula is C69H76F2O6. The van der Waals surface area contributed by atoms with Crippen LogP contribution in [-0.2, 0) is 43.0 Å². The van der Waals surface area contributed by atoms with Crippen molar-refractivity contribution in [2.45, 2.75) is 174 Å². The lowest BCUT2D eigenvalue weighted by atomic mass is 9.69. The van der Waals surface area contributed by atoms with Gasteiger partial charge in [0.25, 0.3) is 6.47 Å². The first kappa shape index (κ1) is 59.3. The van der Waals surface area contributed by atoms with Crippen molar-refractivity contribution in [3.63, 3.8) is 0 Å². The largest absolute Gasteiger partial charge is 0.463 e. The molecule has 77 heavy (non-hydrogen) atoms. The highest BCUT2D eigenvalue weighted by molar-refractivity contribution is 5.70. The van der Waals surface area contributed by atoms with E-state index in [1.54, 1.807) is 12.1 Å². The molecule has 8 heteroatoms. The van der Waals surface area contributed by atoms with Crippen LogP contribution in [0.25, 0.3) is 22.3 Å². The van der Waals surface area contributed by atoms with E-state index in [9.17, 15) is 23.8 Å². The topological polar surface area (TPSA) is 101 Å². The first-order valence-corrected chi connectivity index (χ1v) is 27.5. The van der Waals surface area contributed by atoms with Crippen LogP contribution >= 0.6 is 0 Å². The Morgan fingerprint density at radius 2 is 0.870 bits per heavy atom. The van der Waals surface area contributed by atoms with E-state index in [1.807, 2.05) is 25.1 Å². The normalized spacial score (nSPS) is 14.3. The van der Waals surface area contributed by atoms with Gasteiger partial charge >= 0.3 is 6.15 Å². The highest BCUT2D eigenvalue weighted by atomic mass is 19.1. The summed E-state index contributed by atoms with van der Waals surface area (Å²) in [7, 11) is 0. The monoisotopic (exact) mass is 1040 g/mol. The number of carbonyl (C=O) groups is 1. The predicted molar refractivity (Wildman–Crippen MR) is 304 cm³/mol. The Balaban J connectivity index is 0.000000238. The zero-order chi connectivity index (χ0) is 56.0.